The van der Waals surface area contributed by atoms with Crippen LogP contribution < -0.4 is 5.19 Å². The SMILES string of the molecule is C=C(C)C(=O)OCC(CCC[Si](C)(C)c1ccc(C2CCC(CCCCC)CC2)cc1)COCC1CC(=O)OC(=O)C1. The van der Waals surface area contributed by atoms with Crippen molar-refractivity contribution >= 4 is 31.2 Å². The first-order chi connectivity index (χ1) is 20.1. The molecule has 2 aliphatic rings. The summed E-state index contributed by atoms with van der Waals surface area (Å²) >= 11 is 0. The maximum Gasteiger partial charge on any atom is 0.333 e. The van der Waals surface area contributed by atoms with Crippen LogP contribution in [0.1, 0.15) is 102 Å². The molecular formula is C35H54O6Si. The van der Waals surface area contributed by atoms with Crippen LogP contribution in [0.5, 0.6) is 0 Å². The van der Waals surface area contributed by atoms with E-state index >= 15 is 0 Å². The van der Waals surface area contributed by atoms with E-state index in [1.54, 1.807) is 6.92 Å². The second kappa shape index (κ2) is 17.1. The Hall–Kier alpha value is -2.25. The second-order valence-electron chi connectivity index (χ2n) is 13.5. The number of unbranched alkanes of at least 4 members (excludes halogenated alkanes) is 2. The van der Waals surface area contributed by atoms with Gasteiger partial charge in [-0.1, -0.05) is 94.2 Å². The van der Waals surface area contributed by atoms with Gasteiger partial charge in [-0.15, -0.1) is 0 Å². The molecular weight excluding hydrogens is 544 g/mol. The van der Waals surface area contributed by atoms with Crippen molar-refractivity contribution in [3.05, 3.63) is 42.0 Å². The van der Waals surface area contributed by atoms with Gasteiger partial charge in [0.05, 0.1) is 40.7 Å². The Kier molecular flexibility index (Phi) is 14.0. The molecule has 0 aromatic heterocycles. The number of carbonyl (C=O) groups excluding carboxylic acids is 3. The smallest absolute Gasteiger partial charge is 0.333 e. The average molecular weight is 599 g/mol. The zero-order valence-corrected chi connectivity index (χ0v) is 27.6. The highest BCUT2D eigenvalue weighted by Crippen LogP contribution is 2.37. The van der Waals surface area contributed by atoms with Crippen LogP contribution in [0.2, 0.25) is 19.1 Å². The minimum Gasteiger partial charge on any atom is -0.462 e. The van der Waals surface area contributed by atoms with E-state index in [9.17, 15) is 14.4 Å². The summed E-state index contributed by atoms with van der Waals surface area (Å²) in [6, 6.07) is 10.7. The third-order valence-electron chi connectivity index (χ3n) is 9.28. The van der Waals surface area contributed by atoms with Crippen LogP contribution in [-0.4, -0.2) is 45.8 Å². The van der Waals surface area contributed by atoms with Crippen molar-refractivity contribution in [2.24, 2.45) is 17.8 Å². The summed E-state index contributed by atoms with van der Waals surface area (Å²) in [7, 11) is -1.64. The molecule has 3 rings (SSSR count). The van der Waals surface area contributed by atoms with Crippen LogP contribution in [-0.2, 0) is 28.6 Å². The van der Waals surface area contributed by atoms with Crippen molar-refractivity contribution in [2.45, 2.75) is 116 Å². The predicted molar refractivity (Wildman–Crippen MR) is 170 cm³/mol. The summed E-state index contributed by atoms with van der Waals surface area (Å²) in [4.78, 5) is 35.2. The molecule has 0 spiro atoms. The first-order valence-corrected chi connectivity index (χ1v) is 19.5. The summed E-state index contributed by atoms with van der Waals surface area (Å²) in [6.45, 7) is 13.5. The van der Waals surface area contributed by atoms with Gasteiger partial charge >= 0.3 is 17.9 Å². The van der Waals surface area contributed by atoms with Gasteiger partial charge in [-0.25, -0.2) is 4.79 Å². The first-order valence-electron chi connectivity index (χ1n) is 16.3. The molecule has 0 N–H and O–H groups in total. The fraction of sp³-hybridized carbons (Fsp3) is 0.686. The summed E-state index contributed by atoms with van der Waals surface area (Å²) in [5.41, 5.74) is 1.89. The molecule has 234 valence electrons. The van der Waals surface area contributed by atoms with Gasteiger partial charge in [0.15, 0.2) is 0 Å². The first kappa shape index (κ1) is 34.2. The quantitative estimate of drug-likeness (QED) is 0.0609. The van der Waals surface area contributed by atoms with Crippen LogP contribution in [0, 0.1) is 17.8 Å². The van der Waals surface area contributed by atoms with Crippen LogP contribution in [0.15, 0.2) is 36.4 Å². The molecule has 1 saturated carbocycles. The molecule has 1 aromatic rings. The molecule has 1 aliphatic carbocycles. The zero-order valence-electron chi connectivity index (χ0n) is 26.6. The summed E-state index contributed by atoms with van der Waals surface area (Å²) in [5, 5.41) is 1.50. The minimum atomic E-state index is -1.64. The van der Waals surface area contributed by atoms with Crippen LogP contribution in [0.25, 0.3) is 0 Å². The minimum absolute atomic E-state index is 0.0452. The lowest BCUT2D eigenvalue weighted by atomic mass is 9.77. The van der Waals surface area contributed by atoms with Gasteiger partial charge in [0.2, 0.25) is 0 Å². The molecule has 2 fully saturated rings. The van der Waals surface area contributed by atoms with E-state index in [1.165, 1.54) is 62.1 Å². The largest absolute Gasteiger partial charge is 0.462 e. The van der Waals surface area contributed by atoms with Gasteiger partial charge in [-0.3, -0.25) is 9.59 Å². The number of benzene rings is 1. The van der Waals surface area contributed by atoms with Crippen molar-refractivity contribution in [2.75, 3.05) is 19.8 Å². The maximum atomic E-state index is 12.0. The number of ether oxygens (including phenoxy) is 3. The van der Waals surface area contributed by atoms with Gasteiger partial charge in [-0.2, -0.15) is 0 Å². The van der Waals surface area contributed by atoms with Gasteiger partial charge in [0.1, 0.15) is 0 Å². The maximum absolute atomic E-state index is 12.0. The number of carbonyl (C=O) groups is 3. The lowest BCUT2D eigenvalue weighted by Gasteiger charge is -2.30. The molecule has 1 unspecified atom stereocenters. The van der Waals surface area contributed by atoms with Gasteiger partial charge < -0.3 is 14.2 Å². The van der Waals surface area contributed by atoms with Gasteiger partial charge in [0.25, 0.3) is 0 Å². The normalized spacial score (nSPS) is 20.7. The van der Waals surface area contributed by atoms with Crippen molar-refractivity contribution in [3.8, 4) is 0 Å². The Bertz CT molecular complexity index is 1010. The van der Waals surface area contributed by atoms with E-state index in [1.807, 2.05) is 0 Å². The third kappa shape index (κ3) is 11.4. The lowest BCUT2D eigenvalue weighted by Crippen LogP contribution is -2.41. The fourth-order valence-electron chi connectivity index (χ4n) is 6.46. The second-order valence-corrected chi connectivity index (χ2v) is 18.4. The van der Waals surface area contributed by atoms with E-state index in [-0.39, 0.29) is 37.3 Å². The molecule has 1 heterocycles. The molecule has 1 aliphatic heterocycles. The Morgan fingerprint density at radius 3 is 2.26 bits per heavy atom. The van der Waals surface area contributed by atoms with Crippen LogP contribution in [0.4, 0.5) is 0 Å². The molecule has 0 radical (unpaired) electrons. The fourth-order valence-corrected chi connectivity index (χ4v) is 8.90. The molecule has 42 heavy (non-hydrogen) atoms. The van der Waals surface area contributed by atoms with E-state index in [2.05, 4.69) is 55.6 Å². The number of esters is 3. The Labute approximate surface area is 255 Å². The highest BCUT2D eigenvalue weighted by atomic mass is 28.3. The Morgan fingerprint density at radius 2 is 1.64 bits per heavy atom. The Balaban J connectivity index is 1.47. The number of rotatable bonds is 17. The number of hydrogen-bond donors (Lipinski definition) is 0. The monoisotopic (exact) mass is 598 g/mol. The van der Waals surface area contributed by atoms with Crippen LogP contribution in [0.3, 0.4) is 0 Å². The average Bonchev–Trinajstić information content (AvgIpc) is 2.95. The van der Waals surface area contributed by atoms with Crippen molar-refractivity contribution in [1.82, 2.24) is 0 Å². The summed E-state index contributed by atoms with van der Waals surface area (Å²) in [5.74, 6) is 0.171. The molecule has 7 heteroatoms. The lowest BCUT2D eigenvalue weighted by molar-refractivity contribution is -0.166. The predicted octanol–water partition coefficient (Wildman–Crippen LogP) is 7.47. The number of hydrogen-bond acceptors (Lipinski definition) is 6. The van der Waals surface area contributed by atoms with Crippen molar-refractivity contribution < 1.29 is 28.6 Å². The van der Waals surface area contributed by atoms with Crippen molar-refractivity contribution in [3.63, 3.8) is 0 Å². The van der Waals surface area contributed by atoms with E-state index in [0.717, 1.165) is 24.8 Å². The van der Waals surface area contributed by atoms with E-state index in [4.69, 9.17) is 9.47 Å². The summed E-state index contributed by atoms with van der Waals surface area (Å²) in [6.07, 6.45) is 13.2. The molecule has 1 atom stereocenters. The van der Waals surface area contributed by atoms with Crippen molar-refractivity contribution in [1.29, 1.82) is 0 Å². The van der Waals surface area contributed by atoms with Gasteiger partial charge in [-0.05, 0) is 56.4 Å². The molecule has 0 bridgehead atoms. The van der Waals surface area contributed by atoms with Crippen LogP contribution >= 0.6 is 0 Å². The molecule has 0 amide bonds. The molecule has 6 nitrogen and oxygen atoms in total. The number of cyclic esters (lactones) is 2. The van der Waals surface area contributed by atoms with Gasteiger partial charge in [0, 0.05) is 17.4 Å². The molecule has 1 saturated heterocycles. The highest BCUT2D eigenvalue weighted by Gasteiger charge is 2.28. The summed E-state index contributed by atoms with van der Waals surface area (Å²) < 4.78 is 16.0. The highest BCUT2D eigenvalue weighted by molar-refractivity contribution is 6.89. The standard InChI is InChI=1S/C35H54O6Si/c1-6-7-8-10-27-12-14-30(15-13-27)31-16-18-32(19-17-31)42(4,5)20-9-11-28(25-40-35(38)26(2)3)23-39-24-29-21-33(36)41-34(37)22-29/h16-19,27-30H,2,6-15,20-25H2,1,3-5H3. The van der Waals surface area contributed by atoms with E-state index < -0.39 is 20.0 Å². The Morgan fingerprint density at radius 1 is 0.976 bits per heavy atom. The topological polar surface area (TPSA) is 78.9 Å². The molecule has 1 aromatic carbocycles. The van der Waals surface area contributed by atoms with E-state index in [0.29, 0.717) is 24.7 Å². The third-order valence-corrected chi connectivity index (χ3v) is 12.8. The zero-order chi connectivity index (χ0) is 30.5.